The molecule has 0 aliphatic heterocycles. The van der Waals surface area contributed by atoms with E-state index in [1.165, 1.54) is 16.2 Å². The van der Waals surface area contributed by atoms with E-state index in [-0.39, 0.29) is 17.6 Å². The van der Waals surface area contributed by atoms with Gasteiger partial charge in [0.15, 0.2) is 5.76 Å². The van der Waals surface area contributed by atoms with Gasteiger partial charge in [0.1, 0.15) is 10.6 Å². The van der Waals surface area contributed by atoms with E-state index in [2.05, 4.69) is 10.6 Å². The molecular formula is C27H26N2O3S. The number of benzene rings is 2. The van der Waals surface area contributed by atoms with Crippen molar-refractivity contribution in [3.05, 3.63) is 87.0 Å². The maximum Gasteiger partial charge on any atom is 0.292 e. The van der Waals surface area contributed by atoms with E-state index in [1.54, 1.807) is 0 Å². The molecule has 0 unspecified atom stereocenters. The van der Waals surface area contributed by atoms with Crippen LogP contribution in [0.3, 0.4) is 0 Å². The van der Waals surface area contributed by atoms with E-state index < -0.39 is 0 Å². The van der Waals surface area contributed by atoms with Gasteiger partial charge in [0.25, 0.3) is 11.8 Å². The fourth-order valence-corrected chi connectivity index (χ4v) is 5.75. The number of carbonyl (C=O) groups is 2. The molecule has 5 nitrogen and oxygen atoms in total. The lowest BCUT2D eigenvalue weighted by molar-refractivity contribution is 0.0951. The number of rotatable bonds is 5. The zero-order valence-electron chi connectivity index (χ0n) is 18.8. The molecule has 4 aromatic rings. The normalized spacial score (nSPS) is 13.0. The molecule has 168 valence electrons. The van der Waals surface area contributed by atoms with Crippen LogP contribution in [0.4, 0.5) is 5.00 Å². The standard InChI is InChI=1S/C27H26N2O3S/c1-16-12-13-21-20(14-16)17(2)24(32-21)26(31)29-27-23(19-10-6-7-11-22(19)33-27)25(30)28-15-18-8-4-3-5-9-18/h3-5,8-9,12-14H,6-7,10-11,15H2,1-2H3,(H,28,30)(H,29,31). The molecule has 1 aliphatic carbocycles. The van der Waals surface area contributed by atoms with Gasteiger partial charge >= 0.3 is 0 Å². The molecule has 33 heavy (non-hydrogen) atoms. The molecule has 0 spiro atoms. The molecule has 6 heteroatoms. The summed E-state index contributed by atoms with van der Waals surface area (Å²) in [5.74, 6) is -0.180. The Morgan fingerprint density at radius 2 is 1.79 bits per heavy atom. The molecule has 5 rings (SSSR count). The van der Waals surface area contributed by atoms with E-state index in [9.17, 15) is 9.59 Å². The maximum atomic E-state index is 13.3. The molecule has 0 saturated heterocycles. The molecule has 0 atom stereocenters. The highest BCUT2D eigenvalue weighted by Gasteiger charge is 2.28. The first-order valence-corrected chi connectivity index (χ1v) is 12.1. The van der Waals surface area contributed by atoms with Gasteiger partial charge in [-0.05, 0) is 62.8 Å². The third-order valence-corrected chi connectivity index (χ3v) is 7.43. The van der Waals surface area contributed by atoms with Crippen molar-refractivity contribution in [2.45, 2.75) is 46.1 Å². The van der Waals surface area contributed by atoms with Crippen molar-refractivity contribution in [3.63, 3.8) is 0 Å². The second-order valence-electron chi connectivity index (χ2n) is 8.59. The van der Waals surface area contributed by atoms with Crippen molar-refractivity contribution in [2.75, 3.05) is 5.32 Å². The van der Waals surface area contributed by atoms with Gasteiger partial charge < -0.3 is 15.1 Å². The second kappa shape index (κ2) is 8.87. The number of nitrogens with one attached hydrogen (secondary N) is 2. The van der Waals surface area contributed by atoms with Gasteiger partial charge in [0.05, 0.1) is 5.56 Å². The van der Waals surface area contributed by atoms with Gasteiger partial charge in [-0.25, -0.2) is 0 Å². The van der Waals surface area contributed by atoms with Crippen molar-refractivity contribution in [3.8, 4) is 0 Å². The molecule has 0 fully saturated rings. The van der Waals surface area contributed by atoms with E-state index in [4.69, 9.17) is 4.42 Å². The van der Waals surface area contributed by atoms with Crippen LogP contribution in [0, 0.1) is 13.8 Å². The molecule has 1 aliphatic rings. The monoisotopic (exact) mass is 458 g/mol. The average Bonchev–Trinajstić information content (AvgIpc) is 3.35. The number of fused-ring (bicyclic) bond motifs is 2. The first kappa shape index (κ1) is 21.5. The Kier molecular flexibility index (Phi) is 5.77. The first-order chi connectivity index (χ1) is 16.0. The number of anilines is 1. The highest BCUT2D eigenvalue weighted by Crippen LogP contribution is 2.39. The summed E-state index contributed by atoms with van der Waals surface area (Å²) < 4.78 is 5.89. The molecular weight excluding hydrogens is 432 g/mol. The first-order valence-electron chi connectivity index (χ1n) is 11.3. The third-order valence-electron chi connectivity index (χ3n) is 6.22. The van der Waals surface area contributed by atoms with Crippen molar-refractivity contribution in [2.24, 2.45) is 0 Å². The highest BCUT2D eigenvalue weighted by atomic mass is 32.1. The lowest BCUT2D eigenvalue weighted by atomic mass is 9.95. The van der Waals surface area contributed by atoms with Crippen molar-refractivity contribution in [1.82, 2.24) is 5.32 Å². The number of furan rings is 1. The van der Waals surface area contributed by atoms with Crippen LogP contribution in [0.5, 0.6) is 0 Å². The molecule has 2 aromatic carbocycles. The highest BCUT2D eigenvalue weighted by molar-refractivity contribution is 7.17. The lowest BCUT2D eigenvalue weighted by Gasteiger charge is -2.13. The van der Waals surface area contributed by atoms with E-state index in [0.717, 1.165) is 53.3 Å². The van der Waals surface area contributed by atoms with Crippen LogP contribution in [0.1, 0.15) is 60.9 Å². The topological polar surface area (TPSA) is 71.3 Å². The Labute approximate surface area is 196 Å². The number of amides is 2. The minimum atomic E-state index is -0.322. The van der Waals surface area contributed by atoms with Crippen LogP contribution in [0.2, 0.25) is 0 Å². The van der Waals surface area contributed by atoms with Crippen LogP contribution in [-0.2, 0) is 19.4 Å². The van der Waals surface area contributed by atoms with Gasteiger partial charge in [0, 0.05) is 22.4 Å². The number of carbonyl (C=O) groups excluding carboxylic acids is 2. The summed E-state index contributed by atoms with van der Waals surface area (Å²) in [7, 11) is 0. The molecule has 2 N–H and O–H groups in total. The molecule has 0 bridgehead atoms. The summed E-state index contributed by atoms with van der Waals surface area (Å²) in [4.78, 5) is 27.7. The molecule has 0 radical (unpaired) electrons. The predicted octanol–water partition coefficient (Wildman–Crippen LogP) is 6.17. The summed E-state index contributed by atoms with van der Waals surface area (Å²) in [6.45, 7) is 4.36. The van der Waals surface area contributed by atoms with E-state index in [0.29, 0.717) is 22.7 Å². The maximum absolute atomic E-state index is 13.3. The van der Waals surface area contributed by atoms with E-state index in [1.807, 2.05) is 62.4 Å². The Balaban J connectivity index is 1.44. The fourth-order valence-electron chi connectivity index (χ4n) is 4.47. The summed E-state index contributed by atoms with van der Waals surface area (Å²) >= 11 is 1.52. The van der Waals surface area contributed by atoms with Gasteiger partial charge in [0.2, 0.25) is 0 Å². The lowest BCUT2D eigenvalue weighted by Crippen LogP contribution is -2.25. The quantitative estimate of drug-likeness (QED) is 0.376. The van der Waals surface area contributed by atoms with E-state index >= 15 is 0 Å². The zero-order valence-corrected chi connectivity index (χ0v) is 19.6. The number of thiophene rings is 1. The molecule has 2 amide bonds. The Morgan fingerprint density at radius 1 is 1.00 bits per heavy atom. The Morgan fingerprint density at radius 3 is 2.61 bits per heavy atom. The largest absolute Gasteiger partial charge is 0.451 e. The third kappa shape index (κ3) is 4.18. The van der Waals surface area contributed by atoms with Crippen molar-refractivity contribution < 1.29 is 14.0 Å². The summed E-state index contributed by atoms with van der Waals surface area (Å²) in [5, 5.41) is 7.58. The number of hydrogen-bond acceptors (Lipinski definition) is 4. The van der Waals surface area contributed by atoms with Gasteiger partial charge in [-0.15, -0.1) is 11.3 Å². The molecule has 2 heterocycles. The van der Waals surface area contributed by atoms with Crippen molar-refractivity contribution >= 4 is 39.1 Å². The van der Waals surface area contributed by atoms with Gasteiger partial charge in [-0.1, -0.05) is 42.0 Å². The number of hydrogen-bond donors (Lipinski definition) is 2. The minimum Gasteiger partial charge on any atom is -0.451 e. The van der Waals surface area contributed by atoms with Crippen LogP contribution in [-0.4, -0.2) is 11.8 Å². The average molecular weight is 459 g/mol. The SMILES string of the molecule is Cc1ccc2oc(C(=O)Nc3sc4c(c3C(=O)NCc3ccccc3)CCCC4)c(C)c2c1. The molecule has 2 aromatic heterocycles. The Bertz CT molecular complexity index is 1350. The van der Waals surface area contributed by atoms with Gasteiger partial charge in [-0.2, -0.15) is 0 Å². The predicted molar refractivity (Wildman–Crippen MR) is 132 cm³/mol. The second-order valence-corrected chi connectivity index (χ2v) is 9.70. The van der Waals surface area contributed by atoms with Crippen LogP contribution in [0.15, 0.2) is 52.9 Å². The Hall–Kier alpha value is -3.38. The summed E-state index contributed by atoms with van der Waals surface area (Å²) in [6.07, 6.45) is 3.96. The van der Waals surface area contributed by atoms with Crippen LogP contribution >= 0.6 is 11.3 Å². The summed E-state index contributed by atoms with van der Waals surface area (Å²) in [6, 6.07) is 15.7. The fraction of sp³-hybridized carbons (Fsp3) is 0.259. The minimum absolute atomic E-state index is 0.148. The summed E-state index contributed by atoms with van der Waals surface area (Å²) in [5.41, 5.74) is 5.32. The molecule has 0 saturated carbocycles. The van der Waals surface area contributed by atoms with Crippen molar-refractivity contribution in [1.29, 1.82) is 0 Å². The van der Waals surface area contributed by atoms with Crippen LogP contribution in [0.25, 0.3) is 11.0 Å². The smallest absolute Gasteiger partial charge is 0.292 e. The zero-order chi connectivity index (χ0) is 22.9. The number of aryl methyl sites for hydroxylation is 3. The van der Waals surface area contributed by atoms with Crippen LogP contribution < -0.4 is 10.6 Å². The van der Waals surface area contributed by atoms with Gasteiger partial charge in [-0.3, -0.25) is 9.59 Å².